The minimum Gasteiger partial charge on any atom is -0.355 e. The lowest BCUT2D eigenvalue weighted by molar-refractivity contribution is 0.186. The molecule has 0 unspecified atom stereocenters. The quantitative estimate of drug-likeness (QED) is 0.679. The summed E-state index contributed by atoms with van der Waals surface area (Å²) in [5.74, 6) is 0. The first kappa shape index (κ1) is 7.25. The summed E-state index contributed by atoms with van der Waals surface area (Å²) in [7, 11) is 0. The molecule has 1 radical (unpaired) electrons. The monoisotopic (exact) mass is 136 g/mol. The van der Waals surface area contributed by atoms with Crippen LogP contribution in [0, 0.1) is 6.73 Å². The maximum Gasteiger partial charge on any atom is 0.145 e. The van der Waals surface area contributed by atoms with Crippen LogP contribution in [0.4, 0.5) is 0 Å². The molecule has 0 aromatic heterocycles. The molecule has 0 saturated carbocycles. The Hall–Kier alpha value is -0.860. The first-order chi connectivity index (χ1) is 4.93. The van der Waals surface area contributed by atoms with Gasteiger partial charge in [-0.05, 0) is 5.56 Å². The summed E-state index contributed by atoms with van der Waals surface area (Å²) >= 11 is 0. The van der Waals surface area contributed by atoms with E-state index >= 15 is 0 Å². The topological polar surface area (TPSA) is 35.2 Å². The standard InChI is InChI=1S/C8H10NO/c9-7-10-6-8-4-2-1-3-5-8/h1-5,7H,6,9H2. The SMILES string of the molecule is N[CH]OCc1ccccc1. The predicted octanol–water partition coefficient (Wildman–Crippen LogP) is 1.28. The zero-order chi connectivity index (χ0) is 7.23. The Morgan fingerprint density at radius 3 is 2.60 bits per heavy atom. The molecule has 10 heavy (non-hydrogen) atoms. The van der Waals surface area contributed by atoms with Crippen LogP contribution in [-0.2, 0) is 11.3 Å². The number of hydrogen-bond acceptors (Lipinski definition) is 2. The Bertz CT molecular complexity index is 174. The molecule has 0 aliphatic rings. The molecule has 0 bridgehead atoms. The molecule has 0 fully saturated rings. The number of hydrogen-bond donors (Lipinski definition) is 1. The molecule has 2 nitrogen and oxygen atoms in total. The van der Waals surface area contributed by atoms with E-state index in [2.05, 4.69) is 0 Å². The number of benzene rings is 1. The lowest BCUT2D eigenvalue weighted by atomic mass is 10.2. The van der Waals surface area contributed by atoms with Gasteiger partial charge >= 0.3 is 0 Å². The molecule has 1 rings (SSSR count). The second-order valence-corrected chi connectivity index (χ2v) is 1.93. The van der Waals surface area contributed by atoms with Crippen molar-refractivity contribution in [2.45, 2.75) is 6.61 Å². The Balaban J connectivity index is 2.43. The van der Waals surface area contributed by atoms with Crippen LogP contribution in [0.3, 0.4) is 0 Å². The van der Waals surface area contributed by atoms with Crippen LogP contribution in [0.15, 0.2) is 30.3 Å². The molecule has 0 amide bonds. The molecular weight excluding hydrogens is 126 g/mol. The van der Waals surface area contributed by atoms with Crippen LogP contribution in [0.2, 0.25) is 0 Å². The van der Waals surface area contributed by atoms with Gasteiger partial charge in [0.25, 0.3) is 0 Å². The predicted molar refractivity (Wildman–Crippen MR) is 39.7 cm³/mol. The highest BCUT2D eigenvalue weighted by atomic mass is 16.5. The van der Waals surface area contributed by atoms with Gasteiger partial charge in [-0.1, -0.05) is 30.3 Å². The molecule has 2 heteroatoms. The fraction of sp³-hybridized carbons (Fsp3) is 0.125. The Morgan fingerprint density at radius 1 is 1.30 bits per heavy atom. The lowest BCUT2D eigenvalue weighted by Gasteiger charge is -1.98. The summed E-state index contributed by atoms with van der Waals surface area (Å²) in [6.07, 6.45) is 0. The minimum atomic E-state index is 0.553. The normalized spacial score (nSPS) is 9.70. The van der Waals surface area contributed by atoms with Crippen LogP contribution in [0.25, 0.3) is 0 Å². The maximum atomic E-state index is 5.03. The van der Waals surface area contributed by atoms with Gasteiger partial charge < -0.3 is 10.5 Å². The molecule has 0 atom stereocenters. The highest BCUT2D eigenvalue weighted by molar-refractivity contribution is 5.13. The van der Waals surface area contributed by atoms with Gasteiger partial charge in [0.15, 0.2) is 0 Å². The van der Waals surface area contributed by atoms with Gasteiger partial charge in [0.05, 0.1) is 6.61 Å². The van der Waals surface area contributed by atoms with E-state index in [0.717, 1.165) is 5.56 Å². The average Bonchev–Trinajstić information content (AvgIpc) is 2.03. The Morgan fingerprint density at radius 2 is 2.00 bits per heavy atom. The zero-order valence-electron chi connectivity index (χ0n) is 5.66. The van der Waals surface area contributed by atoms with E-state index in [1.165, 1.54) is 6.73 Å². The molecule has 0 saturated heterocycles. The van der Waals surface area contributed by atoms with Crippen molar-refractivity contribution in [2.24, 2.45) is 5.73 Å². The largest absolute Gasteiger partial charge is 0.355 e. The van der Waals surface area contributed by atoms with Gasteiger partial charge in [0.1, 0.15) is 6.73 Å². The number of nitrogens with two attached hydrogens (primary N) is 1. The van der Waals surface area contributed by atoms with Crippen LogP contribution in [0.5, 0.6) is 0 Å². The van der Waals surface area contributed by atoms with Crippen LogP contribution in [0.1, 0.15) is 5.56 Å². The first-order valence-electron chi connectivity index (χ1n) is 3.12. The van der Waals surface area contributed by atoms with E-state index in [1.54, 1.807) is 0 Å². The summed E-state index contributed by atoms with van der Waals surface area (Å²) in [4.78, 5) is 0. The van der Waals surface area contributed by atoms with Gasteiger partial charge in [0.2, 0.25) is 0 Å². The second kappa shape index (κ2) is 4.04. The van der Waals surface area contributed by atoms with Crippen molar-refractivity contribution in [2.75, 3.05) is 0 Å². The van der Waals surface area contributed by atoms with E-state index in [1.807, 2.05) is 30.3 Å². The molecule has 1 aromatic carbocycles. The minimum absolute atomic E-state index is 0.553. The van der Waals surface area contributed by atoms with Gasteiger partial charge in [-0.25, -0.2) is 0 Å². The maximum absolute atomic E-state index is 5.03. The smallest absolute Gasteiger partial charge is 0.145 e. The third-order valence-electron chi connectivity index (χ3n) is 1.19. The fourth-order valence-electron chi connectivity index (χ4n) is 0.719. The Labute approximate surface area is 60.6 Å². The van der Waals surface area contributed by atoms with E-state index in [0.29, 0.717) is 6.61 Å². The summed E-state index contributed by atoms with van der Waals surface area (Å²) in [6, 6.07) is 9.88. The van der Waals surface area contributed by atoms with E-state index < -0.39 is 0 Å². The molecule has 0 aliphatic carbocycles. The zero-order valence-corrected chi connectivity index (χ0v) is 5.66. The van der Waals surface area contributed by atoms with E-state index in [-0.39, 0.29) is 0 Å². The number of rotatable bonds is 3. The summed E-state index contributed by atoms with van der Waals surface area (Å²) in [5, 5.41) is 0. The van der Waals surface area contributed by atoms with Gasteiger partial charge in [-0.2, -0.15) is 0 Å². The Kier molecular flexibility index (Phi) is 2.93. The van der Waals surface area contributed by atoms with Crippen molar-refractivity contribution < 1.29 is 4.74 Å². The second-order valence-electron chi connectivity index (χ2n) is 1.93. The summed E-state index contributed by atoms with van der Waals surface area (Å²) in [5.41, 5.74) is 6.16. The first-order valence-corrected chi connectivity index (χ1v) is 3.12. The molecule has 0 spiro atoms. The summed E-state index contributed by atoms with van der Waals surface area (Å²) in [6.45, 7) is 1.75. The molecule has 0 heterocycles. The van der Waals surface area contributed by atoms with Crippen molar-refractivity contribution in [3.63, 3.8) is 0 Å². The van der Waals surface area contributed by atoms with Crippen LogP contribution < -0.4 is 5.73 Å². The van der Waals surface area contributed by atoms with Crippen molar-refractivity contribution >= 4 is 0 Å². The molecular formula is C8H10NO. The van der Waals surface area contributed by atoms with E-state index in [9.17, 15) is 0 Å². The van der Waals surface area contributed by atoms with Crippen LogP contribution >= 0.6 is 0 Å². The summed E-state index contributed by atoms with van der Waals surface area (Å²) < 4.78 is 4.87. The van der Waals surface area contributed by atoms with Gasteiger partial charge in [0, 0.05) is 0 Å². The molecule has 2 N–H and O–H groups in total. The van der Waals surface area contributed by atoms with Crippen molar-refractivity contribution in [3.8, 4) is 0 Å². The molecule has 0 aliphatic heterocycles. The fourth-order valence-corrected chi connectivity index (χ4v) is 0.719. The highest BCUT2D eigenvalue weighted by Crippen LogP contribution is 1.99. The van der Waals surface area contributed by atoms with E-state index in [4.69, 9.17) is 10.5 Å². The van der Waals surface area contributed by atoms with Gasteiger partial charge in [-0.3, -0.25) is 0 Å². The lowest BCUT2D eigenvalue weighted by Crippen LogP contribution is -1.96. The average molecular weight is 136 g/mol. The molecule has 1 aromatic rings. The van der Waals surface area contributed by atoms with Crippen molar-refractivity contribution in [3.05, 3.63) is 42.6 Å². The van der Waals surface area contributed by atoms with Crippen LogP contribution in [-0.4, -0.2) is 0 Å². The van der Waals surface area contributed by atoms with Crippen molar-refractivity contribution in [1.82, 2.24) is 0 Å². The number of ether oxygens (including phenoxy) is 1. The molecule has 53 valence electrons. The third kappa shape index (κ3) is 2.17. The third-order valence-corrected chi connectivity index (χ3v) is 1.19. The highest BCUT2D eigenvalue weighted by Gasteiger charge is 1.87. The van der Waals surface area contributed by atoms with Gasteiger partial charge in [-0.15, -0.1) is 0 Å². The van der Waals surface area contributed by atoms with Crippen molar-refractivity contribution in [1.29, 1.82) is 0 Å².